The van der Waals surface area contributed by atoms with Crippen molar-refractivity contribution in [1.29, 1.82) is 0 Å². The molecule has 0 bridgehead atoms. The van der Waals surface area contributed by atoms with Crippen molar-refractivity contribution in [2.45, 2.75) is 23.8 Å². The van der Waals surface area contributed by atoms with Gasteiger partial charge < -0.3 is 10.2 Å². The Balaban J connectivity index is 0.00000242. The highest BCUT2D eigenvalue weighted by atomic mass is 35.5. The van der Waals surface area contributed by atoms with Crippen LogP contribution in [0, 0.1) is 10.1 Å². The lowest BCUT2D eigenvalue weighted by Gasteiger charge is -2.24. The van der Waals surface area contributed by atoms with Gasteiger partial charge in [0.2, 0.25) is 0 Å². The number of nitro groups is 1. The maximum absolute atomic E-state index is 12.6. The Labute approximate surface area is 140 Å². The van der Waals surface area contributed by atoms with Crippen LogP contribution >= 0.6 is 24.2 Å². The third-order valence-corrected chi connectivity index (χ3v) is 4.49. The molecule has 0 spiro atoms. The molecule has 1 aromatic rings. The number of nitrogens with zero attached hydrogens (tertiary/aromatic N) is 2. The van der Waals surface area contributed by atoms with Gasteiger partial charge in [-0.3, -0.25) is 14.9 Å². The lowest BCUT2D eigenvalue weighted by atomic mass is 10.1. The molecule has 0 radical (unpaired) electrons. The molecule has 1 aromatic carbocycles. The second-order valence-electron chi connectivity index (χ2n) is 5.00. The highest BCUT2D eigenvalue weighted by molar-refractivity contribution is 7.98. The average Bonchev–Trinajstić information content (AvgIpc) is 2.94. The molecular formula is C14H20ClN3O3S. The van der Waals surface area contributed by atoms with Gasteiger partial charge in [0.05, 0.1) is 9.82 Å². The van der Waals surface area contributed by atoms with E-state index in [1.165, 1.54) is 17.8 Å². The first-order chi connectivity index (χ1) is 10.1. The number of nitro benzene ring substituents is 1. The van der Waals surface area contributed by atoms with Gasteiger partial charge in [0.25, 0.3) is 11.6 Å². The minimum atomic E-state index is -0.433. The number of carbonyl (C=O) groups is 1. The first kappa shape index (κ1) is 18.7. The van der Waals surface area contributed by atoms with Gasteiger partial charge in [-0.15, -0.1) is 24.2 Å². The molecule has 1 aliphatic rings. The minimum Gasteiger partial charge on any atom is -0.334 e. The van der Waals surface area contributed by atoms with Crippen LogP contribution in [0.5, 0.6) is 0 Å². The van der Waals surface area contributed by atoms with E-state index in [9.17, 15) is 14.9 Å². The van der Waals surface area contributed by atoms with E-state index in [0.717, 1.165) is 19.4 Å². The highest BCUT2D eigenvalue weighted by Crippen LogP contribution is 2.29. The Morgan fingerprint density at radius 3 is 2.86 bits per heavy atom. The number of likely N-dealkylation sites (tertiary alicyclic amines) is 1. The summed E-state index contributed by atoms with van der Waals surface area (Å²) in [4.78, 5) is 25.6. The van der Waals surface area contributed by atoms with Gasteiger partial charge in [-0.25, -0.2) is 0 Å². The largest absolute Gasteiger partial charge is 0.334 e. The normalized spacial score (nSPS) is 17.2. The quantitative estimate of drug-likeness (QED) is 0.504. The summed E-state index contributed by atoms with van der Waals surface area (Å²) in [7, 11) is 1.86. The summed E-state index contributed by atoms with van der Waals surface area (Å²) < 4.78 is 0. The standard InChI is InChI=1S/C14H19N3O3S.ClH/c1-15-9-11-4-3-7-16(11)14(18)10-5-6-13(21-2)12(8-10)17(19)20;/h5-6,8,11,15H,3-4,7,9H2,1-2H3;1H. The van der Waals surface area contributed by atoms with Crippen molar-refractivity contribution in [2.75, 3.05) is 26.4 Å². The van der Waals surface area contributed by atoms with E-state index in [4.69, 9.17) is 0 Å². The summed E-state index contributed by atoms with van der Waals surface area (Å²) in [5.41, 5.74) is 0.389. The van der Waals surface area contributed by atoms with Gasteiger partial charge in [-0.05, 0) is 38.3 Å². The molecule has 1 heterocycles. The number of benzene rings is 1. The van der Waals surface area contributed by atoms with Crippen LogP contribution < -0.4 is 5.32 Å². The fraction of sp³-hybridized carbons (Fsp3) is 0.500. The Hall–Kier alpha value is -1.31. The van der Waals surface area contributed by atoms with Crippen molar-refractivity contribution in [3.05, 3.63) is 33.9 Å². The molecule has 1 N–H and O–H groups in total. The number of rotatable bonds is 5. The van der Waals surface area contributed by atoms with E-state index in [0.29, 0.717) is 17.0 Å². The molecule has 0 saturated carbocycles. The molecule has 1 unspecified atom stereocenters. The third-order valence-electron chi connectivity index (χ3n) is 3.70. The van der Waals surface area contributed by atoms with Crippen molar-refractivity contribution in [3.63, 3.8) is 0 Å². The predicted octanol–water partition coefficient (Wildman–Crippen LogP) is 2.56. The summed E-state index contributed by atoms with van der Waals surface area (Å²) in [6, 6.07) is 4.89. The molecule has 1 aliphatic heterocycles. The van der Waals surface area contributed by atoms with Crippen molar-refractivity contribution >= 4 is 35.8 Å². The molecule has 1 atom stereocenters. The van der Waals surface area contributed by atoms with E-state index in [-0.39, 0.29) is 30.0 Å². The van der Waals surface area contributed by atoms with E-state index >= 15 is 0 Å². The van der Waals surface area contributed by atoms with E-state index in [2.05, 4.69) is 5.32 Å². The van der Waals surface area contributed by atoms with Crippen LogP contribution in [0.3, 0.4) is 0 Å². The first-order valence-corrected chi connectivity index (χ1v) is 8.09. The molecule has 122 valence electrons. The zero-order chi connectivity index (χ0) is 15.4. The van der Waals surface area contributed by atoms with Crippen LogP contribution in [0.1, 0.15) is 23.2 Å². The molecular weight excluding hydrogens is 326 g/mol. The number of likely N-dealkylation sites (N-methyl/N-ethyl adjacent to an activating group) is 1. The molecule has 8 heteroatoms. The van der Waals surface area contributed by atoms with Crippen molar-refractivity contribution in [1.82, 2.24) is 10.2 Å². The maximum Gasteiger partial charge on any atom is 0.283 e. The lowest BCUT2D eigenvalue weighted by molar-refractivity contribution is -0.387. The molecule has 1 saturated heterocycles. The van der Waals surface area contributed by atoms with Gasteiger partial charge in [0, 0.05) is 30.8 Å². The molecule has 2 rings (SSSR count). The Bertz CT molecular complexity index is 556. The van der Waals surface area contributed by atoms with Gasteiger partial charge in [0.15, 0.2) is 0 Å². The summed E-state index contributed by atoms with van der Waals surface area (Å²) in [6.07, 6.45) is 3.73. The number of thioether (sulfide) groups is 1. The number of hydrogen-bond donors (Lipinski definition) is 1. The van der Waals surface area contributed by atoms with Gasteiger partial charge >= 0.3 is 0 Å². The van der Waals surface area contributed by atoms with E-state index < -0.39 is 4.92 Å². The Morgan fingerprint density at radius 2 is 2.27 bits per heavy atom. The van der Waals surface area contributed by atoms with Crippen LogP contribution in [0.4, 0.5) is 5.69 Å². The lowest BCUT2D eigenvalue weighted by Crippen LogP contribution is -2.40. The SMILES string of the molecule is CNCC1CCCN1C(=O)c1ccc(SC)c([N+](=O)[O-])c1.Cl. The topological polar surface area (TPSA) is 75.5 Å². The van der Waals surface area contributed by atoms with Gasteiger partial charge in [0.1, 0.15) is 0 Å². The van der Waals surface area contributed by atoms with Gasteiger partial charge in [-0.1, -0.05) is 0 Å². The average molecular weight is 346 g/mol. The predicted molar refractivity (Wildman–Crippen MR) is 90.1 cm³/mol. The second-order valence-corrected chi connectivity index (χ2v) is 5.84. The van der Waals surface area contributed by atoms with Crippen molar-refractivity contribution in [2.24, 2.45) is 0 Å². The van der Waals surface area contributed by atoms with Crippen LogP contribution in [-0.2, 0) is 0 Å². The first-order valence-electron chi connectivity index (χ1n) is 6.86. The molecule has 1 amide bonds. The number of hydrogen-bond acceptors (Lipinski definition) is 5. The van der Waals surface area contributed by atoms with E-state index in [1.807, 2.05) is 11.9 Å². The molecule has 6 nitrogen and oxygen atoms in total. The van der Waals surface area contributed by atoms with Crippen molar-refractivity contribution < 1.29 is 9.72 Å². The summed E-state index contributed by atoms with van der Waals surface area (Å²) in [5.74, 6) is -0.122. The highest BCUT2D eigenvalue weighted by Gasteiger charge is 2.29. The number of carbonyl (C=O) groups excluding carboxylic acids is 1. The molecule has 0 aromatic heterocycles. The minimum absolute atomic E-state index is 0. The molecule has 22 heavy (non-hydrogen) atoms. The van der Waals surface area contributed by atoms with Crippen molar-refractivity contribution in [3.8, 4) is 0 Å². The number of nitrogens with one attached hydrogen (secondary N) is 1. The van der Waals surface area contributed by atoms with Crippen LogP contribution in [0.15, 0.2) is 23.1 Å². The van der Waals surface area contributed by atoms with E-state index in [1.54, 1.807) is 18.4 Å². The number of halogens is 1. The number of amides is 1. The third kappa shape index (κ3) is 3.91. The summed E-state index contributed by atoms with van der Waals surface area (Å²) in [6.45, 7) is 1.46. The zero-order valence-corrected chi connectivity index (χ0v) is 14.2. The summed E-state index contributed by atoms with van der Waals surface area (Å²) >= 11 is 1.31. The van der Waals surface area contributed by atoms with Crippen LogP contribution in [-0.4, -0.2) is 48.2 Å². The fourth-order valence-electron chi connectivity index (χ4n) is 2.68. The molecule has 1 fully saturated rings. The van der Waals surface area contributed by atoms with Crippen LogP contribution in [0.2, 0.25) is 0 Å². The second kappa shape index (κ2) is 8.36. The van der Waals surface area contributed by atoms with Crippen LogP contribution in [0.25, 0.3) is 0 Å². The smallest absolute Gasteiger partial charge is 0.283 e. The fourth-order valence-corrected chi connectivity index (χ4v) is 3.23. The molecule has 0 aliphatic carbocycles. The zero-order valence-electron chi connectivity index (χ0n) is 12.6. The Kier molecular flexibility index (Phi) is 7.12. The van der Waals surface area contributed by atoms with Gasteiger partial charge in [-0.2, -0.15) is 0 Å². The Morgan fingerprint density at radius 1 is 1.55 bits per heavy atom. The monoisotopic (exact) mass is 345 g/mol. The maximum atomic E-state index is 12.6. The summed E-state index contributed by atoms with van der Waals surface area (Å²) in [5, 5.41) is 14.2.